The summed E-state index contributed by atoms with van der Waals surface area (Å²) < 4.78 is 0. The molecule has 8 atom stereocenters. The highest BCUT2D eigenvalue weighted by Gasteiger charge is 2.59. The van der Waals surface area contributed by atoms with Crippen LogP contribution in [0.5, 0.6) is 0 Å². The number of aliphatic hydroxyl groups excluding tert-OH is 3. The molecule has 3 N–H and O–H groups in total. The molecule has 0 radical (unpaired) electrons. The highest BCUT2D eigenvalue weighted by molar-refractivity contribution is 5.32. The van der Waals surface area contributed by atoms with Gasteiger partial charge in [0.1, 0.15) is 0 Å². The van der Waals surface area contributed by atoms with E-state index in [-0.39, 0.29) is 29.5 Å². The lowest BCUT2D eigenvalue weighted by Crippen LogP contribution is -2.55. The van der Waals surface area contributed by atoms with Crippen LogP contribution in [0.3, 0.4) is 0 Å². The van der Waals surface area contributed by atoms with E-state index in [0.717, 1.165) is 32.1 Å². The maximum absolute atomic E-state index is 10.9. The largest absolute Gasteiger partial charge is 0.396 e. The average Bonchev–Trinajstić information content (AvgIpc) is 2.93. The van der Waals surface area contributed by atoms with Crippen molar-refractivity contribution in [2.45, 2.75) is 71.5 Å². The van der Waals surface area contributed by atoms with Crippen LogP contribution in [-0.2, 0) is 0 Å². The highest BCUT2D eigenvalue weighted by atomic mass is 16.3. The summed E-state index contributed by atoms with van der Waals surface area (Å²) in [6.07, 6.45) is 9.73. The zero-order valence-electron chi connectivity index (χ0n) is 15.9. The van der Waals surface area contributed by atoms with Crippen LogP contribution in [-0.4, -0.2) is 34.1 Å². The molecule has 0 bridgehead atoms. The summed E-state index contributed by atoms with van der Waals surface area (Å²) in [5, 5.41) is 30.7. The van der Waals surface area contributed by atoms with E-state index in [1.54, 1.807) is 0 Å². The van der Waals surface area contributed by atoms with Gasteiger partial charge in [0.15, 0.2) is 0 Å². The molecule has 0 heterocycles. The van der Waals surface area contributed by atoms with Crippen LogP contribution in [0.4, 0.5) is 0 Å². The van der Waals surface area contributed by atoms with Crippen LogP contribution in [0.15, 0.2) is 23.3 Å². The molecule has 0 aromatic rings. The first-order valence-electron chi connectivity index (χ1n) is 10.2. The minimum Gasteiger partial charge on any atom is -0.396 e. The lowest BCUT2D eigenvalue weighted by Gasteiger charge is -2.59. The molecule has 0 saturated heterocycles. The molecule has 25 heavy (non-hydrogen) atoms. The van der Waals surface area contributed by atoms with E-state index in [9.17, 15) is 15.3 Å². The maximum Gasteiger partial charge on any atom is 0.0658 e. The first kappa shape index (κ1) is 17.8. The van der Waals surface area contributed by atoms with Gasteiger partial charge >= 0.3 is 0 Å². The van der Waals surface area contributed by atoms with Gasteiger partial charge in [-0.15, -0.1) is 0 Å². The maximum atomic E-state index is 10.9. The summed E-state index contributed by atoms with van der Waals surface area (Å²) >= 11 is 0. The minimum absolute atomic E-state index is 0.158. The van der Waals surface area contributed by atoms with Gasteiger partial charge in [0.05, 0.1) is 12.2 Å². The summed E-state index contributed by atoms with van der Waals surface area (Å²) in [5.74, 6) is 2.01. The van der Waals surface area contributed by atoms with E-state index < -0.39 is 6.10 Å². The van der Waals surface area contributed by atoms with E-state index in [0.29, 0.717) is 24.2 Å². The van der Waals surface area contributed by atoms with Crippen LogP contribution < -0.4 is 0 Å². The molecule has 4 aliphatic rings. The predicted octanol–water partition coefficient (Wildman–Crippen LogP) is 3.45. The zero-order valence-corrected chi connectivity index (χ0v) is 15.9. The summed E-state index contributed by atoms with van der Waals surface area (Å²) in [6.45, 7) is 7.06. The monoisotopic (exact) mass is 346 g/mol. The Hall–Kier alpha value is -0.640. The molecule has 0 aromatic heterocycles. The van der Waals surface area contributed by atoms with E-state index in [1.807, 2.05) is 0 Å². The summed E-state index contributed by atoms with van der Waals surface area (Å²) in [6, 6.07) is 0. The van der Waals surface area contributed by atoms with Crippen molar-refractivity contribution in [1.82, 2.24) is 0 Å². The third-order valence-electron chi connectivity index (χ3n) is 8.62. The van der Waals surface area contributed by atoms with Crippen molar-refractivity contribution in [3.8, 4) is 0 Å². The first-order valence-corrected chi connectivity index (χ1v) is 10.2. The Balaban J connectivity index is 1.67. The second-order valence-electron chi connectivity index (χ2n) is 9.67. The van der Waals surface area contributed by atoms with Gasteiger partial charge in [0.2, 0.25) is 0 Å². The number of hydrogen-bond acceptors (Lipinski definition) is 3. The number of hydrogen-bond donors (Lipinski definition) is 3. The molecule has 0 aromatic carbocycles. The molecule has 0 spiro atoms. The van der Waals surface area contributed by atoms with Crippen molar-refractivity contribution in [2.75, 3.05) is 6.61 Å². The quantitative estimate of drug-likeness (QED) is 0.671. The number of fused-ring (bicyclic) bond motifs is 5. The lowest BCUT2D eigenvalue weighted by atomic mass is 9.46. The molecule has 4 aliphatic carbocycles. The fourth-order valence-corrected chi connectivity index (χ4v) is 7.16. The van der Waals surface area contributed by atoms with Crippen molar-refractivity contribution in [2.24, 2.45) is 34.5 Å². The number of allylic oxidation sites excluding steroid dienone is 2. The first-order chi connectivity index (χ1) is 11.8. The Labute approximate surface area is 151 Å². The SMILES string of the molecule is C[C@H](CO)C1=CC[C@H]2[C@@H]3CC=C4C[C@@H](O)C[C@H](O)[C@]4(C)[C@H]3CC[C@]12C. The third kappa shape index (κ3) is 2.35. The Morgan fingerprint density at radius 2 is 1.92 bits per heavy atom. The Kier molecular flexibility index (Phi) is 4.22. The Morgan fingerprint density at radius 1 is 1.16 bits per heavy atom. The summed E-state index contributed by atoms with van der Waals surface area (Å²) in [4.78, 5) is 0. The minimum atomic E-state index is -0.426. The Morgan fingerprint density at radius 3 is 2.64 bits per heavy atom. The fourth-order valence-electron chi connectivity index (χ4n) is 7.16. The van der Waals surface area contributed by atoms with Crippen LogP contribution >= 0.6 is 0 Å². The number of aliphatic hydroxyl groups is 3. The summed E-state index contributed by atoms with van der Waals surface area (Å²) in [7, 11) is 0. The fraction of sp³-hybridized carbons (Fsp3) is 0.818. The van der Waals surface area contributed by atoms with Crippen molar-refractivity contribution in [3.05, 3.63) is 23.3 Å². The number of rotatable bonds is 2. The second kappa shape index (κ2) is 5.94. The molecule has 2 fully saturated rings. The van der Waals surface area contributed by atoms with Gasteiger partial charge in [-0.2, -0.15) is 0 Å². The molecular formula is C22H34O3. The second-order valence-corrected chi connectivity index (χ2v) is 9.67. The van der Waals surface area contributed by atoms with Gasteiger partial charge in [0.25, 0.3) is 0 Å². The molecule has 0 unspecified atom stereocenters. The molecule has 4 rings (SSSR count). The normalized spacial score (nSPS) is 50.2. The third-order valence-corrected chi connectivity index (χ3v) is 8.62. The van der Waals surface area contributed by atoms with Crippen LogP contribution in [0, 0.1) is 34.5 Å². The van der Waals surface area contributed by atoms with Crippen LogP contribution in [0.25, 0.3) is 0 Å². The molecule has 3 heteroatoms. The zero-order chi connectivity index (χ0) is 18.0. The van der Waals surface area contributed by atoms with E-state index >= 15 is 0 Å². The Bertz CT molecular complexity index is 608. The molecule has 0 aliphatic heterocycles. The van der Waals surface area contributed by atoms with Crippen molar-refractivity contribution in [3.63, 3.8) is 0 Å². The molecule has 140 valence electrons. The molecule has 0 amide bonds. The molecular weight excluding hydrogens is 312 g/mol. The van der Waals surface area contributed by atoms with Crippen LogP contribution in [0.2, 0.25) is 0 Å². The highest BCUT2D eigenvalue weighted by Crippen LogP contribution is 2.65. The standard InChI is InChI=1S/C22H34O3/c1-13(12-23)17-6-7-18-16-5-4-14-10-15(24)11-20(25)22(14,3)19(16)8-9-21(17,18)2/h4,6,13,15-16,18-20,23-25H,5,7-12H2,1-3H3/t13-,15-,16+,18+,19+,20+,21-,22+/m1/s1. The van der Waals surface area contributed by atoms with Gasteiger partial charge < -0.3 is 15.3 Å². The van der Waals surface area contributed by atoms with Crippen molar-refractivity contribution >= 4 is 0 Å². The van der Waals surface area contributed by atoms with Gasteiger partial charge in [-0.3, -0.25) is 0 Å². The molecule has 2 saturated carbocycles. The molecule has 3 nitrogen and oxygen atoms in total. The van der Waals surface area contributed by atoms with Gasteiger partial charge in [-0.25, -0.2) is 0 Å². The van der Waals surface area contributed by atoms with E-state index in [2.05, 4.69) is 32.9 Å². The van der Waals surface area contributed by atoms with Gasteiger partial charge in [-0.1, -0.05) is 44.1 Å². The van der Waals surface area contributed by atoms with Crippen molar-refractivity contribution < 1.29 is 15.3 Å². The summed E-state index contributed by atoms with van der Waals surface area (Å²) in [5.41, 5.74) is 2.83. The predicted molar refractivity (Wildman–Crippen MR) is 98.8 cm³/mol. The average molecular weight is 347 g/mol. The smallest absolute Gasteiger partial charge is 0.0658 e. The van der Waals surface area contributed by atoms with E-state index in [4.69, 9.17) is 0 Å². The van der Waals surface area contributed by atoms with E-state index in [1.165, 1.54) is 11.1 Å². The van der Waals surface area contributed by atoms with Crippen LogP contribution in [0.1, 0.15) is 59.3 Å². The van der Waals surface area contributed by atoms with Gasteiger partial charge in [0, 0.05) is 24.4 Å². The topological polar surface area (TPSA) is 60.7 Å². The van der Waals surface area contributed by atoms with Crippen molar-refractivity contribution in [1.29, 1.82) is 0 Å². The van der Waals surface area contributed by atoms with Gasteiger partial charge in [-0.05, 0) is 55.3 Å². The lowest BCUT2D eigenvalue weighted by molar-refractivity contribution is -0.0974.